The summed E-state index contributed by atoms with van der Waals surface area (Å²) in [6.07, 6.45) is 2.82. The van der Waals surface area contributed by atoms with E-state index in [0.29, 0.717) is 12.5 Å². The summed E-state index contributed by atoms with van der Waals surface area (Å²) in [5, 5.41) is 4.55. The smallest absolute Gasteiger partial charge is 0.173 e. The molecule has 0 saturated carbocycles. The third-order valence-corrected chi connectivity index (χ3v) is 4.56. The van der Waals surface area contributed by atoms with Gasteiger partial charge >= 0.3 is 0 Å². The van der Waals surface area contributed by atoms with Crippen LogP contribution >= 0.6 is 0 Å². The molecular formula is C15H21NO2S. The molecule has 104 valence electrons. The quantitative estimate of drug-likeness (QED) is 0.899. The standard InChI is InChI=1S/C15H21NO2S/c1-12(2)9-13-3-5-14(6-4-13)10-16-15-7-8-19(17,18)11-15/h3-8,12,15-16H,9-11H2,1-2H3. The van der Waals surface area contributed by atoms with Crippen LogP contribution in [0.5, 0.6) is 0 Å². The van der Waals surface area contributed by atoms with Crippen LogP contribution < -0.4 is 5.32 Å². The number of hydrogen-bond acceptors (Lipinski definition) is 3. The van der Waals surface area contributed by atoms with Crippen molar-refractivity contribution < 1.29 is 8.42 Å². The topological polar surface area (TPSA) is 46.2 Å². The molecule has 1 heterocycles. The van der Waals surface area contributed by atoms with Crippen LogP contribution in [0.1, 0.15) is 25.0 Å². The maximum Gasteiger partial charge on any atom is 0.173 e. The van der Waals surface area contributed by atoms with Gasteiger partial charge in [0.2, 0.25) is 0 Å². The molecule has 1 atom stereocenters. The number of sulfone groups is 1. The molecule has 0 aliphatic carbocycles. The van der Waals surface area contributed by atoms with Gasteiger partial charge in [-0.15, -0.1) is 0 Å². The van der Waals surface area contributed by atoms with Gasteiger partial charge in [0.15, 0.2) is 9.84 Å². The Morgan fingerprint density at radius 3 is 2.37 bits per heavy atom. The highest BCUT2D eigenvalue weighted by molar-refractivity contribution is 7.94. The summed E-state index contributed by atoms with van der Waals surface area (Å²) in [5.41, 5.74) is 2.53. The van der Waals surface area contributed by atoms with E-state index in [4.69, 9.17) is 0 Å². The van der Waals surface area contributed by atoms with Crippen molar-refractivity contribution in [3.8, 4) is 0 Å². The fraction of sp³-hybridized carbons (Fsp3) is 0.467. The highest BCUT2D eigenvalue weighted by atomic mass is 32.2. The van der Waals surface area contributed by atoms with Crippen LogP contribution in [0.25, 0.3) is 0 Å². The molecule has 1 aliphatic rings. The summed E-state index contributed by atoms with van der Waals surface area (Å²) >= 11 is 0. The molecule has 0 fully saturated rings. The maximum absolute atomic E-state index is 11.3. The van der Waals surface area contributed by atoms with E-state index in [1.54, 1.807) is 6.08 Å². The molecule has 1 aromatic carbocycles. The van der Waals surface area contributed by atoms with E-state index < -0.39 is 9.84 Å². The van der Waals surface area contributed by atoms with E-state index in [1.807, 2.05) is 0 Å². The third-order valence-electron chi connectivity index (χ3n) is 3.17. The highest BCUT2D eigenvalue weighted by Crippen LogP contribution is 2.11. The van der Waals surface area contributed by atoms with Gasteiger partial charge in [0, 0.05) is 18.0 Å². The van der Waals surface area contributed by atoms with E-state index in [0.717, 1.165) is 6.42 Å². The first-order valence-corrected chi connectivity index (χ1v) is 8.38. The van der Waals surface area contributed by atoms with Crippen molar-refractivity contribution in [2.24, 2.45) is 5.92 Å². The van der Waals surface area contributed by atoms with Crippen LogP contribution in [0.2, 0.25) is 0 Å². The summed E-state index contributed by atoms with van der Waals surface area (Å²) in [7, 11) is -2.96. The fourth-order valence-corrected chi connectivity index (χ4v) is 3.49. The molecule has 1 aromatic rings. The van der Waals surface area contributed by atoms with Gasteiger partial charge in [0.25, 0.3) is 0 Å². The van der Waals surface area contributed by atoms with Crippen LogP contribution in [0.15, 0.2) is 35.7 Å². The largest absolute Gasteiger partial charge is 0.305 e. The minimum Gasteiger partial charge on any atom is -0.305 e. The predicted molar refractivity (Wildman–Crippen MR) is 78.5 cm³/mol. The lowest BCUT2D eigenvalue weighted by Crippen LogP contribution is -2.29. The Bertz CT molecular complexity index is 544. The first-order chi connectivity index (χ1) is 8.94. The van der Waals surface area contributed by atoms with Crippen molar-refractivity contribution in [3.63, 3.8) is 0 Å². The van der Waals surface area contributed by atoms with Crippen molar-refractivity contribution in [1.29, 1.82) is 0 Å². The van der Waals surface area contributed by atoms with Crippen LogP contribution in [0.3, 0.4) is 0 Å². The van der Waals surface area contributed by atoms with Gasteiger partial charge in [0.05, 0.1) is 5.75 Å². The van der Waals surface area contributed by atoms with Crippen LogP contribution in [-0.4, -0.2) is 20.2 Å². The first kappa shape index (κ1) is 14.3. The highest BCUT2D eigenvalue weighted by Gasteiger charge is 2.20. The average molecular weight is 279 g/mol. The number of hydrogen-bond donors (Lipinski definition) is 1. The molecule has 0 amide bonds. The minimum atomic E-state index is -2.96. The summed E-state index contributed by atoms with van der Waals surface area (Å²) < 4.78 is 22.5. The maximum atomic E-state index is 11.3. The Labute approximate surface area is 115 Å². The molecule has 19 heavy (non-hydrogen) atoms. The molecule has 1 unspecified atom stereocenters. The van der Waals surface area contributed by atoms with Gasteiger partial charge in [-0.05, 0) is 23.5 Å². The third kappa shape index (κ3) is 4.48. The van der Waals surface area contributed by atoms with E-state index in [2.05, 4.69) is 43.4 Å². The van der Waals surface area contributed by atoms with Crippen molar-refractivity contribution in [2.75, 3.05) is 5.75 Å². The Hall–Kier alpha value is -1.13. The van der Waals surface area contributed by atoms with Gasteiger partial charge in [-0.3, -0.25) is 0 Å². The number of rotatable bonds is 5. The lowest BCUT2D eigenvalue weighted by atomic mass is 10.0. The van der Waals surface area contributed by atoms with Crippen molar-refractivity contribution in [1.82, 2.24) is 5.32 Å². The second kappa shape index (κ2) is 5.88. The van der Waals surface area contributed by atoms with Crippen molar-refractivity contribution in [3.05, 3.63) is 46.9 Å². The van der Waals surface area contributed by atoms with E-state index in [1.165, 1.54) is 16.5 Å². The molecule has 3 nitrogen and oxygen atoms in total. The zero-order valence-electron chi connectivity index (χ0n) is 11.5. The second-order valence-corrected chi connectivity index (χ2v) is 7.49. The average Bonchev–Trinajstić information content (AvgIpc) is 2.67. The van der Waals surface area contributed by atoms with E-state index >= 15 is 0 Å². The zero-order chi connectivity index (χ0) is 13.9. The zero-order valence-corrected chi connectivity index (χ0v) is 12.3. The van der Waals surface area contributed by atoms with Gasteiger partial charge < -0.3 is 5.32 Å². The fourth-order valence-electron chi connectivity index (χ4n) is 2.22. The minimum absolute atomic E-state index is 0.0552. The molecule has 2 rings (SSSR count). The van der Waals surface area contributed by atoms with Gasteiger partial charge in [-0.2, -0.15) is 0 Å². The molecule has 0 radical (unpaired) electrons. The monoisotopic (exact) mass is 279 g/mol. The molecule has 1 N–H and O–H groups in total. The SMILES string of the molecule is CC(C)Cc1ccc(CNC2C=CS(=O)(=O)C2)cc1. The van der Waals surface area contributed by atoms with E-state index in [-0.39, 0.29) is 11.8 Å². The molecule has 0 saturated heterocycles. The molecule has 0 bridgehead atoms. The summed E-state index contributed by atoms with van der Waals surface area (Å²) in [6, 6.07) is 8.46. The van der Waals surface area contributed by atoms with Crippen molar-refractivity contribution in [2.45, 2.75) is 32.9 Å². The Kier molecular flexibility index (Phi) is 4.42. The Morgan fingerprint density at radius 2 is 1.84 bits per heavy atom. The van der Waals surface area contributed by atoms with Crippen LogP contribution in [0, 0.1) is 5.92 Å². The van der Waals surface area contributed by atoms with Gasteiger partial charge in [-0.25, -0.2) is 8.42 Å². The van der Waals surface area contributed by atoms with Crippen LogP contribution in [0.4, 0.5) is 0 Å². The summed E-state index contributed by atoms with van der Waals surface area (Å²) in [5.74, 6) is 0.844. The molecular weight excluding hydrogens is 258 g/mol. The lowest BCUT2D eigenvalue weighted by molar-refractivity contribution is 0.590. The molecule has 0 aromatic heterocycles. The van der Waals surface area contributed by atoms with Gasteiger partial charge in [0.1, 0.15) is 0 Å². The molecule has 0 spiro atoms. The Morgan fingerprint density at radius 1 is 1.21 bits per heavy atom. The lowest BCUT2D eigenvalue weighted by Gasteiger charge is -2.11. The first-order valence-electron chi connectivity index (χ1n) is 6.67. The second-order valence-electron chi connectivity index (χ2n) is 5.56. The van der Waals surface area contributed by atoms with Gasteiger partial charge in [-0.1, -0.05) is 44.2 Å². The van der Waals surface area contributed by atoms with Crippen LogP contribution in [-0.2, 0) is 22.8 Å². The number of benzene rings is 1. The number of nitrogens with one attached hydrogen (secondary N) is 1. The predicted octanol–water partition coefficient (Wildman–Crippen LogP) is 2.29. The summed E-state index contributed by atoms with van der Waals surface area (Å²) in [6.45, 7) is 5.12. The van der Waals surface area contributed by atoms with Crippen molar-refractivity contribution >= 4 is 9.84 Å². The Balaban J connectivity index is 1.85. The van der Waals surface area contributed by atoms with E-state index in [9.17, 15) is 8.42 Å². The molecule has 4 heteroatoms. The molecule has 1 aliphatic heterocycles. The normalized spacial score (nSPS) is 21.1. The summed E-state index contributed by atoms with van der Waals surface area (Å²) in [4.78, 5) is 0.